The summed E-state index contributed by atoms with van der Waals surface area (Å²) < 4.78 is 18.3. The molecule has 3 aromatic rings. The molecule has 0 fully saturated rings. The van der Waals surface area contributed by atoms with Gasteiger partial charge in [-0.05, 0) is 17.7 Å². The van der Waals surface area contributed by atoms with Crippen molar-refractivity contribution in [3.8, 4) is 11.8 Å². The van der Waals surface area contributed by atoms with Crippen LogP contribution in [0.1, 0.15) is 5.56 Å². The van der Waals surface area contributed by atoms with Gasteiger partial charge in [0.2, 0.25) is 0 Å². The normalized spacial score (nSPS) is 15.0. The zero-order valence-electron chi connectivity index (χ0n) is 14.3. The number of aromatic amines is 1. The Bertz CT molecular complexity index is 981. The quantitative estimate of drug-likeness (QED) is 0.669. The second kappa shape index (κ2) is 7.04. The van der Waals surface area contributed by atoms with Crippen LogP contribution in [-0.4, -0.2) is 53.0 Å². The molecule has 2 aromatic heterocycles. The molecule has 3 heterocycles. The summed E-state index contributed by atoms with van der Waals surface area (Å²) in [4.78, 5) is 24.0. The van der Waals surface area contributed by atoms with Crippen molar-refractivity contribution in [2.45, 2.75) is 6.54 Å². The van der Waals surface area contributed by atoms with Crippen LogP contribution in [0.25, 0.3) is 11.2 Å². The summed E-state index contributed by atoms with van der Waals surface area (Å²) in [6.45, 7) is 1.93. The minimum absolute atomic E-state index is 0.193. The number of ether oxygens (including phenoxy) is 3. The van der Waals surface area contributed by atoms with E-state index in [1.807, 2.05) is 24.3 Å². The van der Waals surface area contributed by atoms with Crippen molar-refractivity contribution < 1.29 is 14.2 Å². The third-order valence-electron chi connectivity index (χ3n) is 4.03. The van der Waals surface area contributed by atoms with Crippen molar-refractivity contribution in [3.63, 3.8) is 0 Å². The molecule has 0 radical (unpaired) electrons. The molecule has 0 saturated heterocycles. The number of rotatable bonds is 1. The van der Waals surface area contributed by atoms with Gasteiger partial charge in [-0.15, -0.1) is 0 Å². The summed E-state index contributed by atoms with van der Waals surface area (Å²) in [5, 5.41) is 2.97. The van der Waals surface area contributed by atoms with Gasteiger partial charge in [0.1, 0.15) is 24.5 Å². The van der Waals surface area contributed by atoms with Gasteiger partial charge in [-0.3, -0.25) is 4.57 Å². The highest BCUT2D eigenvalue weighted by atomic mass is 16.5. The minimum atomic E-state index is -0.262. The first-order valence-electron chi connectivity index (χ1n) is 8.35. The van der Waals surface area contributed by atoms with Crippen molar-refractivity contribution in [3.05, 3.63) is 40.3 Å². The molecule has 2 N–H and O–H groups in total. The van der Waals surface area contributed by atoms with Gasteiger partial charge in [0.05, 0.1) is 19.8 Å². The van der Waals surface area contributed by atoms with Crippen molar-refractivity contribution in [2.24, 2.45) is 0 Å². The van der Waals surface area contributed by atoms with E-state index in [-0.39, 0.29) is 11.7 Å². The molecule has 1 aliphatic heterocycles. The van der Waals surface area contributed by atoms with Crippen LogP contribution >= 0.6 is 0 Å². The standard InChI is InChI=1S/C17H19N5O4/c1-18-14-13-15-21-16(20-14)26-8-6-24-5-7-25-12-4-2-3-11(9-12)10-22(15)17(23)19-13/h2-4,9H,5-8,10H2,1H3,(H,19,23)(H,18,20,21). The maximum absolute atomic E-state index is 12.5. The number of nitrogens with zero attached hydrogens (tertiary/aromatic N) is 3. The lowest BCUT2D eigenvalue weighted by Gasteiger charge is -2.08. The van der Waals surface area contributed by atoms with E-state index in [0.717, 1.165) is 11.3 Å². The summed E-state index contributed by atoms with van der Waals surface area (Å²) in [5.74, 6) is 1.24. The Labute approximate surface area is 148 Å². The van der Waals surface area contributed by atoms with E-state index < -0.39 is 0 Å². The molecule has 9 nitrogen and oxygen atoms in total. The van der Waals surface area contributed by atoms with E-state index >= 15 is 0 Å². The van der Waals surface area contributed by atoms with Crippen LogP contribution in [0.4, 0.5) is 5.82 Å². The number of nitrogens with one attached hydrogen (secondary N) is 2. The lowest BCUT2D eigenvalue weighted by molar-refractivity contribution is 0.0742. The molecule has 1 aliphatic rings. The van der Waals surface area contributed by atoms with Gasteiger partial charge in [-0.1, -0.05) is 12.1 Å². The summed E-state index contributed by atoms with van der Waals surface area (Å²) in [7, 11) is 1.73. The summed E-state index contributed by atoms with van der Waals surface area (Å²) in [5.41, 5.74) is 1.68. The number of H-pyrrole nitrogens is 1. The Morgan fingerprint density at radius 2 is 2.00 bits per heavy atom. The number of aromatic nitrogens is 4. The average molecular weight is 357 g/mol. The number of imidazole rings is 1. The molecule has 26 heavy (non-hydrogen) atoms. The zero-order valence-corrected chi connectivity index (χ0v) is 14.3. The second-order valence-corrected chi connectivity index (χ2v) is 5.78. The summed E-state index contributed by atoms with van der Waals surface area (Å²) >= 11 is 0. The molecule has 0 unspecified atom stereocenters. The van der Waals surface area contributed by atoms with Crippen LogP contribution in [0.3, 0.4) is 0 Å². The fourth-order valence-corrected chi connectivity index (χ4v) is 2.83. The van der Waals surface area contributed by atoms with Gasteiger partial charge >= 0.3 is 11.7 Å². The Balaban J connectivity index is 1.83. The molecular weight excluding hydrogens is 338 g/mol. The Morgan fingerprint density at radius 3 is 2.85 bits per heavy atom. The van der Waals surface area contributed by atoms with Crippen LogP contribution in [-0.2, 0) is 11.3 Å². The van der Waals surface area contributed by atoms with Crippen LogP contribution in [0, 0.1) is 0 Å². The molecule has 4 bridgehead atoms. The number of benzene rings is 1. The van der Waals surface area contributed by atoms with Gasteiger partial charge < -0.3 is 24.5 Å². The van der Waals surface area contributed by atoms with Crippen molar-refractivity contribution in [1.29, 1.82) is 0 Å². The van der Waals surface area contributed by atoms with Crippen molar-refractivity contribution in [1.82, 2.24) is 19.5 Å². The maximum atomic E-state index is 12.5. The monoisotopic (exact) mass is 357 g/mol. The van der Waals surface area contributed by atoms with Crippen LogP contribution in [0.5, 0.6) is 11.8 Å². The van der Waals surface area contributed by atoms with Crippen molar-refractivity contribution >= 4 is 17.0 Å². The first-order valence-corrected chi connectivity index (χ1v) is 8.35. The number of hydrogen-bond acceptors (Lipinski definition) is 7. The zero-order chi connectivity index (χ0) is 17.9. The van der Waals surface area contributed by atoms with Gasteiger partial charge in [0.25, 0.3) is 0 Å². The average Bonchev–Trinajstić information content (AvgIpc) is 2.95. The molecule has 9 heteroatoms. The van der Waals surface area contributed by atoms with Gasteiger partial charge in [-0.2, -0.15) is 9.97 Å². The topological polar surface area (TPSA) is 103 Å². The van der Waals surface area contributed by atoms with Gasteiger partial charge in [0.15, 0.2) is 11.5 Å². The van der Waals surface area contributed by atoms with Gasteiger partial charge in [0, 0.05) is 7.05 Å². The minimum Gasteiger partial charge on any atom is -0.491 e. The van der Waals surface area contributed by atoms with Crippen molar-refractivity contribution in [2.75, 3.05) is 38.8 Å². The van der Waals surface area contributed by atoms with E-state index in [9.17, 15) is 4.79 Å². The van der Waals surface area contributed by atoms with Crippen LogP contribution in [0.15, 0.2) is 29.1 Å². The molecular formula is C17H19N5O4. The Morgan fingerprint density at radius 1 is 1.15 bits per heavy atom. The Kier molecular flexibility index (Phi) is 4.44. The Hall–Kier alpha value is -3.07. The molecule has 0 spiro atoms. The SMILES string of the molecule is CNc1nc2nc3c1[nH]c(=O)n3Cc1cccc(c1)OCCOCCO2. The highest BCUT2D eigenvalue weighted by molar-refractivity contribution is 5.83. The lowest BCUT2D eigenvalue weighted by Crippen LogP contribution is -2.18. The molecule has 136 valence electrons. The molecule has 1 aromatic carbocycles. The van der Waals surface area contributed by atoms with Gasteiger partial charge in [-0.25, -0.2) is 4.79 Å². The van der Waals surface area contributed by atoms with E-state index in [1.165, 1.54) is 0 Å². The first kappa shape index (κ1) is 16.4. The molecule has 0 atom stereocenters. The summed E-state index contributed by atoms with van der Waals surface area (Å²) in [6, 6.07) is 7.80. The third-order valence-corrected chi connectivity index (χ3v) is 4.03. The molecule has 0 amide bonds. The molecule has 4 rings (SSSR count). The number of fused-ring (bicyclic) bond motifs is 3. The second-order valence-electron chi connectivity index (χ2n) is 5.78. The van der Waals surface area contributed by atoms with E-state index in [0.29, 0.717) is 50.0 Å². The van der Waals surface area contributed by atoms with E-state index in [1.54, 1.807) is 11.6 Å². The van der Waals surface area contributed by atoms with Crippen LogP contribution in [0.2, 0.25) is 0 Å². The maximum Gasteiger partial charge on any atom is 0.328 e. The largest absolute Gasteiger partial charge is 0.491 e. The fourth-order valence-electron chi connectivity index (χ4n) is 2.83. The number of hydrogen-bond donors (Lipinski definition) is 2. The summed E-state index contributed by atoms with van der Waals surface area (Å²) in [6.07, 6.45) is 0. The molecule has 0 aliphatic carbocycles. The number of anilines is 1. The lowest BCUT2D eigenvalue weighted by atomic mass is 10.2. The first-order chi connectivity index (χ1) is 12.7. The van der Waals surface area contributed by atoms with E-state index in [2.05, 4.69) is 20.3 Å². The highest BCUT2D eigenvalue weighted by Gasteiger charge is 2.16. The smallest absolute Gasteiger partial charge is 0.328 e. The predicted molar refractivity (Wildman–Crippen MR) is 95.0 cm³/mol. The van der Waals surface area contributed by atoms with E-state index in [4.69, 9.17) is 14.2 Å². The third kappa shape index (κ3) is 3.21. The molecule has 0 saturated carbocycles. The van der Waals surface area contributed by atoms with Crippen LogP contribution < -0.4 is 20.5 Å². The fraction of sp³-hybridized carbons (Fsp3) is 0.353. The predicted octanol–water partition coefficient (Wildman–Crippen LogP) is 0.997. The highest BCUT2D eigenvalue weighted by Crippen LogP contribution is 2.21.